The Labute approximate surface area is 112 Å². The van der Waals surface area contributed by atoms with Crippen LogP contribution in [0.5, 0.6) is 0 Å². The molecule has 98 valence electrons. The van der Waals surface area contributed by atoms with Gasteiger partial charge in [0.2, 0.25) is 5.91 Å². The third kappa shape index (κ3) is 3.50. The van der Waals surface area contributed by atoms with Gasteiger partial charge in [0.25, 0.3) is 0 Å². The largest absolute Gasteiger partial charge is 0.394 e. The summed E-state index contributed by atoms with van der Waals surface area (Å²) in [7, 11) is 0. The van der Waals surface area contributed by atoms with Crippen LogP contribution in [0.2, 0.25) is 0 Å². The number of rotatable bonds is 5. The average Bonchev–Trinajstić information content (AvgIpc) is 2.88. The van der Waals surface area contributed by atoms with Crippen LogP contribution in [0, 0.1) is 0 Å². The van der Waals surface area contributed by atoms with Crippen LogP contribution in [0.3, 0.4) is 0 Å². The molecule has 18 heavy (non-hydrogen) atoms. The number of carbonyl (C=O) groups excluding carboxylic acids is 1. The van der Waals surface area contributed by atoms with Gasteiger partial charge in [-0.15, -0.1) is 11.8 Å². The van der Waals surface area contributed by atoms with Crippen LogP contribution in [0.25, 0.3) is 0 Å². The zero-order valence-corrected chi connectivity index (χ0v) is 11.2. The molecule has 1 aliphatic rings. The molecule has 1 atom stereocenters. The molecule has 0 aliphatic carbocycles. The molecule has 4 heteroatoms. The van der Waals surface area contributed by atoms with E-state index >= 15 is 0 Å². The van der Waals surface area contributed by atoms with Gasteiger partial charge in [0.15, 0.2) is 0 Å². The summed E-state index contributed by atoms with van der Waals surface area (Å²) in [6, 6.07) is 10.2. The fourth-order valence-corrected chi connectivity index (χ4v) is 3.14. The molecule has 0 bridgehead atoms. The maximum atomic E-state index is 12.0. The molecule has 1 aromatic rings. The molecule has 0 unspecified atom stereocenters. The number of likely N-dealkylation sites (tertiary alicyclic amines) is 1. The van der Waals surface area contributed by atoms with E-state index in [1.807, 2.05) is 23.1 Å². The first-order valence-electron chi connectivity index (χ1n) is 6.33. The zero-order valence-electron chi connectivity index (χ0n) is 10.4. The molecule has 0 spiro atoms. The zero-order chi connectivity index (χ0) is 12.8. The van der Waals surface area contributed by atoms with Crippen molar-refractivity contribution in [3.05, 3.63) is 35.9 Å². The molecular formula is C14H19NO2S. The number of hydrogen-bond acceptors (Lipinski definition) is 3. The standard InChI is InChI=1S/C14H19NO2S/c16-9-13-7-4-8-15(13)14(17)11-18-10-12-5-2-1-3-6-12/h1-3,5-6,13,16H,4,7-11H2/t13-/m1/s1. The molecule has 0 saturated carbocycles. The highest BCUT2D eigenvalue weighted by Gasteiger charge is 2.27. The summed E-state index contributed by atoms with van der Waals surface area (Å²) in [4.78, 5) is 13.8. The smallest absolute Gasteiger partial charge is 0.232 e. The molecule has 3 nitrogen and oxygen atoms in total. The Bertz CT molecular complexity index is 383. The normalized spacial score (nSPS) is 19.2. The lowest BCUT2D eigenvalue weighted by molar-refractivity contribution is -0.129. The van der Waals surface area contributed by atoms with Crippen LogP contribution >= 0.6 is 11.8 Å². The van der Waals surface area contributed by atoms with E-state index in [0.717, 1.165) is 25.1 Å². The maximum absolute atomic E-state index is 12.0. The van der Waals surface area contributed by atoms with E-state index in [1.54, 1.807) is 11.8 Å². The molecule has 0 aromatic heterocycles. The Morgan fingerprint density at radius 2 is 2.17 bits per heavy atom. The number of aliphatic hydroxyl groups is 1. The predicted octanol–water partition coefficient (Wildman–Crippen LogP) is 1.90. The molecule has 1 fully saturated rings. The van der Waals surface area contributed by atoms with Crippen molar-refractivity contribution in [1.29, 1.82) is 0 Å². The van der Waals surface area contributed by atoms with E-state index in [1.165, 1.54) is 5.56 Å². The summed E-state index contributed by atoms with van der Waals surface area (Å²) in [5.74, 6) is 1.53. The fraction of sp³-hybridized carbons (Fsp3) is 0.500. The van der Waals surface area contributed by atoms with Gasteiger partial charge < -0.3 is 10.0 Å². The number of amides is 1. The molecular weight excluding hydrogens is 246 g/mol. The molecule has 1 aromatic carbocycles. The molecule has 1 saturated heterocycles. The van der Waals surface area contributed by atoms with Gasteiger partial charge in [-0.3, -0.25) is 4.79 Å². The maximum Gasteiger partial charge on any atom is 0.232 e. The predicted molar refractivity (Wildman–Crippen MR) is 74.4 cm³/mol. The van der Waals surface area contributed by atoms with E-state index in [0.29, 0.717) is 5.75 Å². The highest BCUT2D eigenvalue weighted by molar-refractivity contribution is 7.99. The van der Waals surface area contributed by atoms with Crippen LogP contribution in [0.1, 0.15) is 18.4 Å². The highest BCUT2D eigenvalue weighted by atomic mass is 32.2. The van der Waals surface area contributed by atoms with Crippen LogP contribution < -0.4 is 0 Å². The van der Waals surface area contributed by atoms with E-state index < -0.39 is 0 Å². The average molecular weight is 265 g/mol. The molecule has 2 rings (SSSR count). The van der Waals surface area contributed by atoms with Crippen molar-refractivity contribution < 1.29 is 9.90 Å². The Morgan fingerprint density at radius 1 is 1.39 bits per heavy atom. The van der Waals surface area contributed by atoms with Crippen LogP contribution in [-0.2, 0) is 10.5 Å². The van der Waals surface area contributed by atoms with Gasteiger partial charge >= 0.3 is 0 Å². The Balaban J connectivity index is 1.75. The minimum atomic E-state index is 0.0508. The van der Waals surface area contributed by atoms with Crippen molar-refractivity contribution in [2.45, 2.75) is 24.6 Å². The van der Waals surface area contributed by atoms with Gasteiger partial charge in [0, 0.05) is 12.3 Å². The first-order valence-corrected chi connectivity index (χ1v) is 7.48. The van der Waals surface area contributed by atoms with Gasteiger partial charge in [0.1, 0.15) is 0 Å². The molecule has 1 amide bonds. The number of benzene rings is 1. The second kappa shape index (κ2) is 6.81. The third-order valence-corrected chi connectivity index (χ3v) is 4.23. The minimum absolute atomic E-state index is 0.0508. The molecule has 0 radical (unpaired) electrons. The first-order chi connectivity index (χ1) is 8.81. The van der Waals surface area contributed by atoms with E-state index in [9.17, 15) is 9.90 Å². The van der Waals surface area contributed by atoms with Gasteiger partial charge in [-0.05, 0) is 18.4 Å². The second-order valence-corrected chi connectivity index (χ2v) is 5.53. The van der Waals surface area contributed by atoms with Crippen LogP contribution in [0.15, 0.2) is 30.3 Å². The SMILES string of the molecule is O=C(CSCc1ccccc1)N1CCC[C@@H]1CO. The summed E-state index contributed by atoms with van der Waals surface area (Å²) in [5.41, 5.74) is 1.25. The monoisotopic (exact) mass is 265 g/mol. The fourth-order valence-electron chi connectivity index (χ4n) is 2.27. The number of aliphatic hydroxyl groups excluding tert-OH is 1. The summed E-state index contributed by atoms with van der Waals surface area (Å²) < 4.78 is 0. The van der Waals surface area contributed by atoms with E-state index in [-0.39, 0.29) is 18.6 Å². The van der Waals surface area contributed by atoms with Gasteiger partial charge in [-0.1, -0.05) is 30.3 Å². The topological polar surface area (TPSA) is 40.5 Å². The molecule has 1 aliphatic heterocycles. The Kier molecular flexibility index (Phi) is 5.08. The second-order valence-electron chi connectivity index (χ2n) is 4.54. The molecule has 1 N–H and O–H groups in total. The number of thioether (sulfide) groups is 1. The summed E-state index contributed by atoms with van der Waals surface area (Å²) in [5, 5.41) is 9.19. The lowest BCUT2D eigenvalue weighted by Crippen LogP contribution is -2.38. The lowest BCUT2D eigenvalue weighted by atomic mass is 10.2. The first kappa shape index (κ1) is 13.4. The van der Waals surface area contributed by atoms with Crippen molar-refractivity contribution in [3.63, 3.8) is 0 Å². The van der Waals surface area contributed by atoms with E-state index in [4.69, 9.17) is 0 Å². The van der Waals surface area contributed by atoms with Crippen molar-refractivity contribution in [2.75, 3.05) is 18.9 Å². The minimum Gasteiger partial charge on any atom is -0.394 e. The van der Waals surface area contributed by atoms with E-state index in [2.05, 4.69) is 12.1 Å². The third-order valence-electron chi connectivity index (χ3n) is 3.25. The quantitative estimate of drug-likeness (QED) is 0.884. The highest BCUT2D eigenvalue weighted by Crippen LogP contribution is 2.19. The number of hydrogen-bond donors (Lipinski definition) is 1. The van der Waals surface area contributed by atoms with Gasteiger partial charge in [-0.2, -0.15) is 0 Å². The summed E-state index contributed by atoms with van der Waals surface area (Å²) in [6.07, 6.45) is 1.95. The molecule has 1 heterocycles. The van der Waals surface area contributed by atoms with Crippen molar-refractivity contribution in [3.8, 4) is 0 Å². The van der Waals surface area contributed by atoms with Crippen molar-refractivity contribution in [2.24, 2.45) is 0 Å². The number of nitrogens with zero attached hydrogens (tertiary/aromatic N) is 1. The Hall–Kier alpha value is -1.00. The number of carbonyl (C=O) groups is 1. The van der Waals surface area contributed by atoms with Crippen LogP contribution in [0.4, 0.5) is 0 Å². The van der Waals surface area contributed by atoms with Gasteiger partial charge in [-0.25, -0.2) is 0 Å². The van der Waals surface area contributed by atoms with Crippen molar-refractivity contribution >= 4 is 17.7 Å². The summed E-state index contributed by atoms with van der Waals surface area (Å²) in [6.45, 7) is 0.894. The lowest BCUT2D eigenvalue weighted by Gasteiger charge is -2.22. The Morgan fingerprint density at radius 3 is 2.89 bits per heavy atom. The van der Waals surface area contributed by atoms with Gasteiger partial charge in [0.05, 0.1) is 18.4 Å². The summed E-state index contributed by atoms with van der Waals surface area (Å²) >= 11 is 1.64. The van der Waals surface area contributed by atoms with Crippen LogP contribution in [-0.4, -0.2) is 40.9 Å². The van der Waals surface area contributed by atoms with Crippen molar-refractivity contribution in [1.82, 2.24) is 4.90 Å².